The molecular formula is C23H18Se. The summed E-state index contributed by atoms with van der Waals surface area (Å²) in [4.78, 5) is 0. The first-order valence-corrected chi connectivity index (χ1v) is 9.84. The van der Waals surface area contributed by atoms with Gasteiger partial charge in [0.25, 0.3) is 0 Å². The Kier molecular flexibility index (Phi) is 4.21. The number of hydrogen-bond acceptors (Lipinski definition) is 0. The zero-order valence-electron chi connectivity index (χ0n) is 13.6. The van der Waals surface area contributed by atoms with Gasteiger partial charge in [-0.3, -0.25) is 0 Å². The van der Waals surface area contributed by atoms with E-state index in [0.717, 1.165) is 0 Å². The minimum atomic E-state index is 0.321. The van der Waals surface area contributed by atoms with Gasteiger partial charge < -0.3 is 0 Å². The molecule has 0 radical (unpaired) electrons. The molecule has 4 rings (SSSR count). The summed E-state index contributed by atoms with van der Waals surface area (Å²) >= 11 is 0.321. The molecule has 0 aliphatic rings. The molecule has 3 aromatic carbocycles. The van der Waals surface area contributed by atoms with E-state index in [9.17, 15) is 0 Å². The summed E-state index contributed by atoms with van der Waals surface area (Å²) < 4.78 is 2.94. The van der Waals surface area contributed by atoms with Gasteiger partial charge in [-0.2, -0.15) is 0 Å². The summed E-state index contributed by atoms with van der Waals surface area (Å²) in [7, 11) is 0. The zero-order chi connectivity index (χ0) is 16.4. The fourth-order valence-corrected chi connectivity index (χ4v) is 5.39. The normalized spacial score (nSPS) is 10.7. The fourth-order valence-electron chi connectivity index (χ4n) is 2.89. The van der Waals surface area contributed by atoms with Crippen molar-refractivity contribution in [3.05, 3.63) is 96.6 Å². The molecule has 0 unspecified atom stereocenters. The van der Waals surface area contributed by atoms with Crippen LogP contribution in [0.2, 0.25) is 0 Å². The second-order valence-electron chi connectivity index (χ2n) is 5.95. The van der Waals surface area contributed by atoms with Crippen LogP contribution in [0, 0.1) is 6.92 Å². The molecule has 1 heteroatoms. The van der Waals surface area contributed by atoms with Crippen molar-refractivity contribution in [1.82, 2.24) is 0 Å². The molecule has 0 nitrogen and oxygen atoms in total. The third-order valence-electron chi connectivity index (χ3n) is 4.19. The molecule has 0 aliphatic heterocycles. The number of rotatable bonds is 3. The molecule has 116 valence electrons. The summed E-state index contributed by atoms with van der Waals surface area (Å²) in [6.07, 6.45) is 0. The maximum atomic E-state index is 2.39. The monoisotopic (exact) mass is 374 g/mol. The van der Waals surface area contributed by atoms with Crippen molar-refractivity contribution in [2.45, 2.75) is 6.92 Å². The van der Waals surface area contributed by atoms with Gasteiger partial charge in [0.1, 0.15) is 0 Å². The van der Waals surface area contributed by atoms with Crippen LogP contribution in [0.15, 0.2) is 91.0 Å². The predicted octanol–water partition coefficient (Wildman–Crippen LogP) is 6.05. The third kappa shape index (κ3) is 3.01. The molecule has 0 saturated carbocycles. The topological polar surface area (TPSA) is 0 Å². The summed E-state index contributed by atoms with van der Waals surface area (Å²) in [5, 5.41) is 0. The van der Waals surface area contributed by atoms with Crippen LogP contribution in [-0.4, -0.2) is 14.5 Å². The quantitative estimate of drug-likeness (QED) is 0.383. The molecule has 0 spiro atoms. The molecular weight excluding hydrogens is 355 g/mol. The van der Waals surface area contributed by atoms with Gasteiger partial charge in [0.2, 0.25) is 0 Å². The second kappa shape index (κ2) is 6.65. The van der Waals surface area contributed by atoms with Crippen molar-refractivity contribution in [1.29, 1.82) is 0 Å². The van der Waals surface area contributed by atoms with E-state index in [1.807, 2.05) is 0 Å². The number of aryl methyl sites for hydroxylation is 1. The minimum absolute atomic E-state index is 0.321. The van der Waals surface area contributed by atoms with Gasteiger partial charge in [0.05, 0.1) is 0 Å². The Morgan fingerprint density at radius 2 is 1.17 bits per heavy atom. The van der Waals surface area contributed by atoms with Crippen LogP contribution in [0.4, 0.5) is 0 Å². The maximum absolute atomic E-state index is 2.39. The van der Waals surface area contributed by atoms with E-state index in [1.165, 1.54) is 36.7 Å². The molecule has 0 aliphatic carbocycles. The molecule has 0 saturated heterocycles. The van der Waals surface area contributed by atoms with E-state index >= 15 is 0 Å². The van der Waals surface area contributed by atoms with E-state index in [2.05, 4.69) is 97.9 Å². The molecule has 0 bridgehead atoms. The van der Waals surface area contributed by atoms with Gasteiger partial charge in [-0.05, 0) is 0 Å². The van der Waals surface area contributed by atoms with E-state index in [1.54, 1.807) is 0 Å². The standard InChI is InChI=1S/C23H18Se/c1-17-12-14-19(15-13-17)22-16-21(18-8-4-2-5-9-18)23(24-22)20-10-6-3-7-11-20/h2-16H,1H3. The third-order valence-corrected chi connectivity index (χ3v) is 6.78. The summed E-state index contributed by atoms with van der Waals surface area (Å²) in [6, 6.07) is 32.8. The molecule has 0 fully saturated rings. The van der Waals surface area contributed by atoms with Crippen molar-refractivity contribution < 1.29 is 0 Å². The van der Waals surface area contributed by atoms with E-state index in [-0.39, 0.29) is 0 Å². The first-order valence-electron chi connectivity index (χ1n) is 8.13. The van der Waals surface area contributed by atoms with Crippen LogP contribution in [0.3, 0.4) is 0 Å². The Labute approximate surface area is 149 Å². The first-order chi connectivity index (χ1) is 11.8. The Morgan fingerprint density at radius 1 is 0.583 bits per heavy atom. The van der Waals surface area contributed by atoms with Gasteiger partial charge in [-0.1, -0.05) is 0 Å². The Balaban J connectivity index is 1.89. The van der Waals surface area contributed by atoms with Crippen LogP contribution in [-0.2, 0) is 0 Å². The molecule has 0 N–H and O–H groups in total. The predicted molar refractivity (Wildman–Crippen MR) is 104 cm³/mol. The summed E-state index contributed by atoms with van der Waals surface area (Å²) in [5.74, 6) is 0. The molecule has 0 atom stereocenters. The Hall–Kier alpha value is -2.34. The van der Waals surface area contributed by atoms with Crippen LogP contribution < -0.4 is 0 Å². The molecule has 1 heterocycles. The van der Waals surface area contributed by atoms with Crippen molar-refractivity contribution in [2.24, 2.45) is 0 Å². The fraction of sp³-hybridized carbons (Fsp3) is 0.0435. The van der Waals surface area contributed by atoms with Crippen LogP contribution in [0.25, 0.3) is 31.1 Å². The van der Waals surface area contributed by atoms with E-state index in [0.29, 0.717) is 14.5 Å². The van der Waals surface area contributed by atoms with Crippen LogP contribution >= 0.6 is 0 Å². The van der Waals surface area contributed by atoms with Crippen molar-refractivity contribution in [3.63, 3.8) is 0 Å². The van der Waals surface area contributed by atoms with Crippen molar-refractivity contribution in [2.75, 3.05) is 0 Å². The SMILES string of the molecule is Cc1ccc(-c2cc(-c3ccccc3)c(-c3ccccc3)[se]2)cc1. The molecule has 24 heavy (non-hydrogen) atoms. The van der Waals surface area contributed by atoms with E-state index in [4.69, 9.17) is 0 Å². The van der Waals surface area contributed by atoms with Gasteiger partial charge in [0, 0.05) is 0 Å². The van der Waals surface area contributed by atoms with Gasteiger partial charge in [0.15, 0.2) is 0 Å². The van der Waals surface area contributed by atoms with Crippen LogP contribution in [0.1, 0.15) is 5.56 Å². The number of benzene rings is 3. The van der Waals surface area contributed by atoms with Crippen molar-refractivity contribution >= 4 is 14.5 Å². The number of hydrogen-bond donors (Lipinski definition) is 0. The van der Waals surface area contributed by atoms with Gasteiger partial charge in [-0.15, -0.1) is 0 Å². The molecule has 4 aromatic rings. The van der Waals surface area contributed by atoms with Gasteiger partial charge in [-0.25, -0.2) is 0 Å². The van der Waals surface area contributed by atoms with Gasteiger partial charge >= 0.3 is 149 Å². The van der Waals surface area contributed by atoms with Crippen molar-refractivity contribution in [3.8, 4) is 31.1 Å². The average molecular weight is 373 g/mol. The zero-order valence-corrected chi connectivity index (χ0v) is 15.3. The summed E-state index contributed by atoms with van der Waals surface area (Å²) in [6.45, 7) is 2.14. The average Bonchev–Trinajstić information content (AvgIpc) is 3.09. The second-order valence-corrected chi connectivity index (χ2v) is 8.16. The summed E-state index contributed by atoms with van der Waals surface area (Å²) in [5.41, 5.74) is 6.68. The van der Waals surface area contributed by atoms with Crippen LogP contribution in [0.5, 0.6) is 0 Å². The molecule has 1 aromatic heterocycles. The van der Waals surface area contributed by atoms with E-state index < -0.39 is 0 Å². The first kappa shape index (κ1) is 15.2. The Morgan fingerprint density at radius 3 is 1.79 bits per heavy atom. The molecule has 0 amide bonds. The Bertz CT molecular complexity index is 876.